The monoisotopic (exact) mass is 227 g/mol. The molecule has 0 aliphatic carbocycles. The van der Waals surface area contributed by atoms with Gasteiger partial charge in [0, 0.05) is 13.1 Å². The van der Waals surface area contributed by atoms with Gasteiger partial charge in [-0.3, -0.25) is 9.69 Å². The van der Waals surface area contributed by atoms with Crippen LogP contribution in [0.25, 0.3) is 0 Å². The number of carbonyl (C=O) groups is 1. The first kappa shape index (κ1) is 13.5. The van der Waals surface area contributed by atoms with E-state index >= 15 is 0 Å². The lowest BCUT2D eigenvalue weighted by atomic mass is 9.90. The van der Waals surface area contributed by atoms with Gasteiger partial charge in [-0.25, -0.2) is 0 Å². The molecule has 1 aliphatic heterocycles. The van der Waals surface area contributed by atoms with Gasteiger partial charge in [-0.05, 0) is 24.7 Å². The van der Waals surface area contributed by atoms with Crippen LogP contribution < -0.4 is 0 Å². The zero-order valence-electron chi connectivity index (χ0n) is 10.8. The second-order valence-corrected chi connectivity index (χ2v) is 5.40. The van der Waals surface area contributed by atoms with Crippen molar-refractivity contribution in [2.45, 2.75) is 52.5 Å². The Morgan fingerprint density at radius 1 is 1.38 bits per heavy atom. The maximum Gasteiger partial charge on any atom is 0.320 e. The van der Waals surface area contributed by atoms with Crippen LogP contribution in [0.4, 0.5) is 0 Å². The first-order valence-corrected chi connectivity index (χ1v) is 6.51. The van der Waals surface area contributed by atoms with Crippen LogP contribution in [-0.4, -0.2) is 35.1 Å². The molecule has 3 heteroatoms. The van der Waals surface area contributed by atoms with Gasteiger partial charge in [-0.2, -0.15) is 0 Å². The van der Waals surface area contributed by atoms with E-state index in [0.717, 1.165) is 32.4 Å². The minimum atomic E-state index is -0.644. The van der Waals surface area contributed by atoms with E-state index in [9.17, 15) is 9.90 Å². The molecule has 0 spiro atoms. The van der Waals surface area contributed by atoms with Crippen molar-refractivity contribution < 1.29 is 9.90 Å². The molecule has 94 valence electrons. The minimum absolute atomic E-state index is 0.259. The van der Waals surface area contributed by atoms with Crippen LogP contribution in [0, 0.1) is 11.8 Å². The van der Waals surface area contributed by atoms with Crippen LogP contribution in [0.3, 0.4) is 0 Å². The van der Waals surface area contributed by atoms with E-state index in [1.165, 1.54) is 6.42 Å². The molecule has 3 atom stereocenters. The molecule has 3 unspecified atom stereocenters. The van der Waals surface area contributed by atoms with Crippen LogP contribution in [0.1, 0.15) is 46.5 Å². The van der Waals surface area contributed by atoms with Crippen LogP contribution >= 0.6 is 0 Å². The Bertz CT molecular complexity index is 220. The molecule has 3 nitrogen and oxygen atoms in total. The third-order valence-electron chi connectivity index (χ3n) is 3.45. The number of piperidine rings is 1. The molecule has 1 N–H and O–H groups in total. The summed E-state index contributed by atoms with van der Waals surface area (Å²) in [7, 11) is 0. The van der Waals surface area contributed by atoms with E-state index in [0.29, 0.717) is 11.8 Å². The number of rotatable bonds is 5. The van der Waals surface area contributed by atoms with Gasteiger partial charge >= 0.3 is 5.97 Å². The van der Waals surface area contributed by atoms with Crippen LogP contribution in [0.15, 0.2) is 0 Å². The highest BCUT2D eigenvalue weighted by molar-refractivity contribution is 5.73. The molecular weight excluding hydrogens is 202 g/mol. The summed E-state index contributed by atoms with van der Waals surface area (Å²) in [5.74, 6) is 0.620. The van der Waals surface area contributed by atoms with Crippen LogP contribution in [0.2, 0.25) is 0 Å². The number of carboxylic acid groups (broad SMARTS) is 1. The number of aliphatic carboxylic acids is 1. The lowest BCUT2D eigenvalue weighted by Gasteiger charge is -2.38. The molecule has 0 radical (unpaired) electrons. The van der Waals surface area contributed by atoms with Gasteiger partial charge < -0.3 is 5.11 Å². The van der Waals surface area contributed by atoms with Crippen LogP contribution in [0.5, 0.6) is 0 Å². The summed E-state index contributed by atoms with van der Waals surface area (Å²) in [5, 5.41) is 9.28. The Morgan fingerprint density at radius 2 is 1.94 bits per heavy atom. The summed E-state index contributed by atoms with van der Waals surface area (Å²) >= 11 is 0. The quantitative estimate of drug-likeness (QED) is 0.785. The van der Waals surface area contributed by atoms with Gasteiger partial charge in [0.2, 0.25) is 0 Å². The number of hydrogen-bond acceptors (Lipinski definition) is 2. The Labute approximate surface area is 98.8 Å². The minimum Gasteiger partial charge on any atom is -0.480 e. The van der Waals surface area contributed by atoms with E-state index in [1.807, 2.05) is 0 Å². The number of likely N-dealkylation sites (tertiary alicyclic amines) is 1. The summed E-state index contributed by atoms with van der Waals surface area (Å²) in [6, 6.07) is -0.259. The Hall–Kier alpha value is -0.570. The largest absolute Gasteiger partial charge is 0.480 e. The number of nitrogens with zero attached hydrogens (tertiary/aromatic N) is 1. The lowest BCUT2D eigenvalue weighted by molar-refractivity contribution is -0.144. The lowest BCUT2D eigenvalue weighted by Crippen LogP contribution is -2.48. The van der Waals surface area contributed by atoms with Crippen molar-refractivity contribution >= 4 is 5.97 Å². The molecule has 1 fully saturated rings. The third kappa shape index (κ3) is 3.78. The molecule has 0 aromatic rings. The normalized spacial score (nSPS) is 28.9. The van der Waals surface area contributed by atoms with Gasteiger partial charge in [0.05, 0.1) is 0 Å². The fourth-order valence-corrected chi connectivity index (χ4v) is 2.83. The molecule has 1 saturated heterocycles. The van der Waals surface area contributed by atoms with Crippen molar-refractivity contribution in [3.8, 4) is 0 Å². The van der Waals surface area contributed by atoms with E-state index < -0.39 is 5.97 Å². The molecule has 0 aromatic carbocycles. The van der Waals surface area contributed by atoms with E-state index in [2.05, 4.69) is 25.7 Å². The van der Waals surface area contributed by atoms with Crippen molar-refractivity contribution in [3.05, 3.63) is 0 Å². The first-order chi connectivity index (χ1) is 7.54. The highest BCUT2D eigenvalue weighted by atomic mass is 16.4. The van der Waals surface area contributed by atoms with Gasteiger partial charge in [-0.15, -0.1) is 0 Å². The second-order valence-electron chi connectivity index (χ2n) is 5.40. The van der Waals surface area contributed by atoms with Crippen molar-refractivity contribution in [1.82, 2.24) is 4.90 Å². The van der Waals surface area contributed by atoms with Crippen LogP contribution in [-0.2, 0) is 4.79 Å². The summed E-state index contributed by atoms with van der Waals surface area (Å²) in [6.45, 7) is 8.46. The summed E-state index contributed by atoms with van der Waals surface area (Å²) in [6.07, 6.45) is 4.11. The highest BCUT2D eigenvalue weighted by Gasteiger charge is 2.30. The van der Waals surface area contributed by atoms with Gasteiger partial charge in [0.25, 0.3) is 0 Å². The predicted octanol–water partition coefficient (Wildman–Crippen LogP) is 2.61. The maximum atomic E-state index is 11.3. The Balaban J connectivity index is 2.58. The number of unbranched alkanes of at least 4 members (excludes halogenated alkanes) is 1. The Morgan fingerprint density at radius 3 is 2.38 bits per heavy atom. The molecule has 0 aromatic heterocycles. The van der Waals surface area contributed by atoms with Gasteiger partial charge in [0.15, 0.2) is 0 Å². The maximum absolute atomic E-state index is 11.3. The molecule has 0 bridgehead atoms. The molecular formula is C13H25NO2. The summed E-state index contributed by atoms with van der Waals surface area (Å²) in [5.41, 5.74) is 0. The Kier molecular flexibility index (Phi) is 5.26. The fraction of sp³-hybridized carbons (Fsp3) is 0.923. The zero-order chi connectivity index (χ0) is 12.1. The second kappa shape index (κ2) is 6.24. The number of hydrogen-bond donors (Lipinski definition) is 1. The van der Waals surface area contributed by atoms with E-state index in [4.69, 9.17) is 0 Å². The van der Waals surface area contributed by atoms with Crippen molar-refractivity contribution in [2.75, 3.05) is 13.1 Å². The van der Waals surface area contributed by atoms with Crippen molar-refractivity contribution in [1.29, 1.82) is 0 Å². The highest BCUT2D eigenvalue weighted by Crippen LogP contribution is 2.24. The fourth-order valence-electron chi connectivity index (χ4n) is 2.83. The summed E-state index contributed by atoms with van der Waals surface area (Å²) < 4.78 is 0. The van der Waals surface area contributed by atoms with Crippen molar-refractivity contribution in [2.24, 2.45) is 11.8 Å². The van der Waals surface area contributed by atoms with Gasteiger partial charge in [0.1, 0.15) is 6.04 Å². The molecule has 0 saturated carbocycles. The zero-order valence-corrected chi connectivity index (χ0v) is 10.8. The van der Waals surface area contributed by atoms with E-state index in [-0.39, 0.29) is 6.04 Å². The summed E-state index contributed by atoms with van der Waals surface area (Å²) in [4.78, 5) is 13.5. The molecule has 16 heavy (non-hydrogen) atoms. The third-order valence-corrected chi connectivity index (χ3v) is 3.45. The molecule has 1 heterocycles. The SMILES string of the molecule is CCCCC(C(=O)O)N1CC(C)CC(C)C1. The smallest absolute Gasteiger partial charge is 0.320 e. The standard InChI is InChI=1S/C13H25NO2/c1-4-5-6-12(13(15)16)14-8-10(2)7-11(3)9-14/h10-12H,4-9H2,1-3H3,(H,15,16). The molecule has 0 amide bonds. The average molecular weight is 227 g/mol. The average Bonchev–Trinajstić information content (AvgIpc) is 2.16. The van der Waals surface area contributed by atoms with Gasteiger partial charge in [-0.1, -0.05) is 33.6 Å². The molecule has 1 rings (SSSR count). The van der Waals surface area contributed by atoms with Crippen molar-refractivity contribution in [3.63, 3.8) is 0 Å². The molecule has 1 aliphatic rings. The number of carboxylic acids is 1. The predicted molar refractivity (Wildman–Crippen MR) is 65.5 cm³/mol. The first-order valence-electron chi connectivity index (χ1n) is 6.51. The van der Waals surface area contributed by atoms with E-state index in [1.54, 1.807) is 0 Å². The topological polar surface area (TPSA) is 40.5 Å².